The molecule has 0 saturated heterocycles. The van der Waals surface area contributed by atoms with Gasteiger partial charge in [0, 0.05) is 12.4 Å². The molecule has 0 saturated carbocycles. The fourth-order valence-corrected chi connectivity index (χ4v) is 1.86. The van der Waals surface area contributed by atoms with Gasteiger partial charge in [0.05, 0.1) is 11.0 Å². The quantitative estimate of drug-likeness (QED) is 0.635. The summed E-state index contributed by atoms with van der Waals surface area (Å²) in [6, 6.07) is 7.78. The predicted octanol–water partition coefficient (Wildman–Crippen LogP) is 1.52. The zero-order valence-electron chi connectivity index (χ0n) is 8.79. The molecule has 0 atom stereocenters. The van der Waals surface area contributed by atoms with Gasteiger partial charge in [0.15, 0.2) is 16.8 Å². The van der Waals surface area contributed by atoms with Gasteiger partial charge in [0.2, 0.25) is 0 Å². The highest BCUT2D eigenvalue weighted by Gasteiger charge is 2.11. The van der Waals surface area contributed by atoms with Crippen molar-refractivity contribution in [2.24, 2.45) is 5.73 Å². The van der Waals surface area contributed by atoms with Gasteiger partial charge in [-0.25, -0.2) is 9.97 Å². The van der Waals surface area contributed by atoms with Crippen molar-refractivity contribution in [3.63, 3.8) is 0 Å². The normalized spacial score (nSPS) is 10.8. The van der Waals surface area contributed by atoms with Crippen LogP contribution in [-0.2, 0) is 0 Å². The second kappa shape index (κ2) is 3.67. The van der Waals surface area contributed by atoms with Crippen molar-refractivity contribution in [3.8, 4) is 11.6 Å². The van der Waals surface area contributed by atoms with Gasteiger partial charge >= 0.3 is 0 Å². The van der Waals surface area contributed by atoms with Crippen molar-refractivity contribution in [1.29, 1.82) is 0 Å². The molecule has 3 rings (SSSR count). The Morgan fingerprint density at radius 3 is 2.94 bits per heavy atom. The van der Waals surface area contributed by atoms with E-state index in [1.54, 1.807) is 17.0 Å². The lowest BCUT2D eigenvalue weighted by molar-refractivity contribution is 1.11. The lowest BCUT2D eigenvalue weighted by Crippen LogP contribution is -2.19. The minimum Gasteiger partial charge on any atom is -0.376 e. The summed E-state index contributed by atoms with van der Waals surface area (Å²) in [6.45, 7) is 0. The molecule has 3 N–H and O–H groups in total. The van der Waals surface area contributed by atoms with Crippen LogP contribution >= 0.6 is 12.2 Å². The van der Waals surface area contributed by atoms with Crippen LogP contribution in [0, 0.1) is 0 Å². The first-order chi connectivity index (χ1) is 8.25. The van der Waals surface area contributed by atoms with Crippen LogP contribution in [0.1, 0.15) is 0 Å². The highest BCUT2D eigenvalue weighted by molar-refractivity contribution is 7.80. The highest BCUT2D eigenvalue weighted by atomic mass is 32.1. The van der Waals surface area contributed by atoms with E-state index in [4.69, 9.17) is 18.0 Å². The van der Waals surface area contributed by atoms with Gasteiger partial charge in [0.25, 0.3) is 0 Å². The number of thiocarbonyl (C=S) groups is 1. The van der Waals surface area contributed by atoms with Gasteiger partial charge in [-0.05, 0) is 24.4 Å². The van der Waals surface area contributed by atoms with E-state index < -0.39 is 0 Å². The van der Waals surface area contributed by atoms with E-state index in [9.17, 15) is 0 Å². The Morgan fingerprint density at radius 1 is 1.35 bits per heavy atom. The highest BCUT2D eigenvalue weighted by Crippen LogP contribution is 2.18. The number of hydrogen-bond donors (Lipinski definition) is 2. The molecule has 0 fully saturated rings. The Balaban J connectivity index is 2.20. The first kappa shape index (κ1) is 9.98. The summed E-state index contributed by atoms with van der Waals surface area (Å²) >= 11 is 4.94. The Bertz CT molecular complexity index is 664. The Morgan fingerprint density at radius 2 is 2.18 bits per heavy atom. The van der Waals surface area contributed by atoms with E-state index in [-0.39, 0.29) is 5.11 Å². The van der Waals surface area contributed by atoms with E-state index in [1.807, 2.05) is 24.3 Å². The smallest absolute Gasteiger partial charge is 0.182 e. The van der Waals surface area contributed by atoms with Crippen LogP contribution in [0.15, 0.2) is 36.7 Å². The van der Waals surface area contributed by atoms with Crippen molar-refractivity contribution in [2.75, 3.05) is 0 Å². The van der Waals surface area contributed by atoms with Crippen molar-refractivity contribution >= 4 is 28.4 Å². The summed E-state index contributed by atoms with van der Waals surface area (Å²) in [5.41, 5.74) is 7.45. The van der Waals surface area contributed by atoms with Crippen molar-refractivity contribution in [1.82, 2.24) is 19.5 Å². The number of nitrogens with zero attached hydrogens (tertiary/aromatic N) is 3. The average Bonchev–Trinajstić information content (AvgIpc) is 2.95. The molecular formula is C11H9N5S. The maximum absolute atomic E-state index is 5.60. The molecule has 5 nitrogen and oxygen atoms in total. The first-order valence-electron chi connectivity index (χ1n) is 5.04. The van der Waals surface area contributed by atoms with Crippen LogP contribution in [0.4, 0.5) is 0 Å². The Labute approximate surface area is 102 Å². The fraction of sp³-hybridized carbons (Fsp3) is 0. The predicted molar refractivity (Wildman–Crippen MR) is 69.5 cm³/mol. The summed E-state index contributed by atoms with van der Waals surface area (Å²) in [4.78, 5) is 11.8. The number of H-pyrrole nitrogens is 1. The molecule has 0 unspecified atom stereocenters. The number of benzene rings is 1. The van der Waals surface area contributed by atoms with Crippen LogP contribution in [0.25, 0.3) is 22.7 Å². The third-order valence-electron chi connectivity index (χ3n) is 2.48. The topological polar surface area (TPSA) is 72.5 Å². The first-order valence-corrected chi connectivity index (χ1v) is 5.45. The molecule has 6 heteroatoms. The molecule has 0 amide bonds. The van der Waals surface area contributed by atoms with Gasteiger partial charge < -0.3 is 10.7 Å². The van der Waals surface area contributed by atoms with E-state index in [0.717, 1.165) is 11.0 Å². The Hall–Kier alpha value is -2.21. The zero-order valence-corrected chi connectivity index (χ0v) is 9.61. The molecule has 84 valence electrons. The molecule has 0 bridgehead atoms. The van der Waals surface area contributed by atoms with Gasteiger partial charge in [-0.15, -0.1) is 0 Å². The molecule has 0 spiro atoms. The number of rotatable bonds is 1. The molecule has 0 aliphatic heterocycles. The molecule has 2 aromatic heterocycles. The summed E-state index contributed by atoms with van der Waals surface area (Å²) < 4.78 is 1.62. The number of fused-ring (bicyclic) bond motifs is 1. The summed E-state index contributed by atoms with van der Waals surface area (Å²) in [7, 11) is 0. The van der Waals surface area contributed by atoms with Gasteiger partial charge in [-0.3, -0.25) is 4.57 Å². The number of nitrogens with two attached hydrogens (primary N) is 1. The van der Waals surface area contributed by atoms with E-state index >= 15 is 0 Å². The Kier molecular flexibility index (Phi) is 2.15. The monoisotopic (exact) mass is 243 g/mol. The molecule has 1 aromatic carbocycles. The molecule has 3 aromatic rings. The standard InChI is InChI=1S/C11H9N5S/c12-11(17)16-6-5-13-10(16)9-14-7-3-1-2-4-8(7)15-9/h1-6H,(H2,12,17)(H,14,15). The molecule has 0 aliphatic rings. The summed E-state index contributed by atoms with van der Waals surface area (Å²) in [6.07, 6.45) is 3.35. The van der Waals surface area contributed by atoms with Crippen molar-refractivity contribution in [2.45, 2.75) is 0 Å². The maximum Gasteiger partial charge on any atom is 0.182 e. The number of aromatic amines is 1. The van der Waals surface area contributed by atoms with E-state index in [1.165, 1.54) is 0 Å². The van der Waals surface area contributed by atoms with Crippen LogP contribution in [0.5, 0.6) is 0 Å². The lowest BCUT2D eigenvalue weighted by atomic mass is 10.3. The second-order valence-electron chi connectivity index (χ2n) is 3.56. The number of aromatic nitrogens is 4. The summed E-state index contributed by atoms with van der Waals surface area (Å²) in [5.74, 6) is 1.28. The molecule has 0 radical (unpaired) electrons. The maximum atomic E-state index is 5.60. The summed E-state index contributed by atoms with van der Waals surface area (Å²) in [5, 5.41) is 0.248. The van der Waals surface area contributed by atoms with Crippen molar-refractivity contribution in [3.05, 3.63) is 36.7 Å². The van der Waals surface area contributed by atoms with Gasteiger partial charge in [-0.1, -0.05) is 12.1 Å². The molecule has 2 heterocycles. The molecule has 0 aliphatic carbocycles. The number of imidazole rings is 2. The average molecular weight is 243 g/mol. The minimum absolute atomic E-state index is 0.248. The zero-order chi connectivity index (χ0) is 11.8. The van der Waals surface area contributed by atoms with E-state index in [0.29, 0.717) is 11.6 Å². The fourth-order valence-electron chi connectivity index (χ4n) is 1.72. The second-order valence-corrected chi connectivity index (χ2v) is 3.98. The van der Waals surface area contributed by atoms with Gasteiger partial charge in [0.1, 0.15) is 0 Å². The third-order valence-corrected chi connectivity index (χ3v) is 2.68. The number of para-hydroxylation sites is 2. The SMILES string of the molecule is NC(=S)n1ccnc1-c1nc2ccccc2[nH]1. The lowest BCUT2D eigenvalue weighted by Gasteiger charge is -2.01. The van der Waals surface area contributed by atoms with Crippen LogP contribution in [-0.4, -0.2) is 24.6 Å². The van der Waals surface area contributed by atoms with Crippen molar-refractivity contribution < 1.29 is 0 Å². The van der Waals surface area contributed by atoms with Crippen LogP contribution in [0.3, 0.4) is 0 Å². The largest absolute Gasteiger partial charge is 0.376 e. The third kappa shape index (κ3) is 1.58. The van der Waals surface area contributed by atoms with Gasteiger partial charge in [-0.2, -0.15) is 0 Å². The van der Waals surface area contributed by atoms with E-state index in [2.05, 4.69) is 15.0 Å². The molecule has 17 heavy (non-hydrogen) atoms. The number of nitrogens with one attached hydrogen (secondary N) is 1. The minimum atomic E-state index is 0.248. The molecular weight excluding hydrogens is 234 g/mol. The number of hydrogen-bond acceptors (Lipinski definition) is 3. The van der Waals surface area contributed by atoms with Crippen LogP contribution in [0.2, 0.25) is 0 Å². The van der Waals surface area contributed by atoms with Crippen LogP contribution < -0.4 is 5.73 Å².